The van der Waals surface area contributed by atoms with Crippen molar-refractivity contribution in [3.8, 4) is 0 Å². The summed E-state index contributed by atoms with van der Waals surface area (Å²) in [6.07, 6.45) is 5.20. The van der Waals surface area contributed by atoms with Crippen LogP contribution < -0.4 is 5.32 Å². The molecule has 1 aliphatic rings. The van der Waals surface area contributed by atoms with Crippen molar-refractivity contribution in [2.45, 2.75) is 42.2 Å². The molecule has 24 heavy (non-hydrogen) atoms. The fourth-order valence-electron chi connectivity index (χ4n) is 2.69. The van der Waals surface area contributed by atoms with E-state index < -0.39 is 11.6 Å². The highest BCUT2D eigenvalue weighted by atomic mass is 32.2. The SMILES string of the molecule is O=C(Nc1nnc(SCc2c(F)cccc2F)s1)C1CCCCC1. The van der Waals surface area contributed by atoms with Crippen LogP contribution in [0, 0.1) is 17.6 Å². The molecule has 2 aromatic rings. The predicted molar refractivity (Wildman–Crippen MR) is 91.0 cm³/mol. The lowest BCUT2D eigenvalue weighted by Crippen LogP contribution is -2.24. The molecule has 0 atom stereocenters. The molecular formula is C16H17F2N3OS2. The molecule has 0 aliphatic heterocycles. The van der Waals surface area contributed by atoms with Gasteiger partial charge in [-0.15, -0.1) is 10.2 Å². The molecule has 4 nitrogen and oxygen atoms in total. The maximum atomic E-state index is 13.6. The number of hydrogen-bond donors (Lipinski definition) is 1. The van der Waals surface area contributed by atoms with E-state index in [2.05, 4.69) is 15.5 Å². The van der Waals surface area contributed by atoms with Gasteiger partial charge in [0.1, 0.15) is 11.6 Å². The van der Waals surface area contributed by atoms with Crippen LogP contribution in [0.25, 0.3) is 0 Å². The third-order valence-corrected chi connectivity index (χ3v) is 6.01. The topological polar surface area (TPSA) is 54.9 Å². The summed E-state index contributed by atoms with van der Waals surface area (Å²) in [6.45, 7) is 0. The normalized spacial score (nSPS) is 15.4. The highest BCUT2D eigenvalue weighted by Gasteiger charge is 2.22. The minimum absolute atomic E-state index is 0.0115. The molecule has 1 heterocycles. The molecule has 1 N–H and O–H groups in total. The van der Waals surface area contributed by atoms with Crippen molar-refractivity contribution in [3.63, 3.8) is 0 Å². The summed E-state index contributed by atoms with van der Waals surface area (Å²) in [5, 5.41) is 11.1. The summed E-state index contributed by atoms with van der Waals surface area (Å²) < 4.78 is 27.8. The zero-order valence-electron chi connectivity index (χ0n) is 12.9. The predicted octanol–water partition coefficient (Wildman–Crippen LogP) is 4.63. The standard InChI is InChI=1S/C16H17F2N3OS2/c17-12-7-4-8-13(18)11(12)9-23-16-21-20-15(24-16)19-14(22)10-5-2-1-3-6-10/h4,7-8,10H,1-3,5-6,9H2,(H,19,20,22). The Labute approximate surface area is 147 Å². The first kappa shape index (κ1) is 17.3. The van der Waals surface area contributed by atoms with Crippen molar-refractivity contribution in [2.24, 2.45) is 5.92 Å². The molecule has 0 spiro atoms. The first-order valence-electron chi connectivity index (χ1n) is 7.83. The van der Waals surface area contributed by atoms with Crippen LogP contribution in [0.5, 0.6) is 0 Å². The Balaban J connectivity index is 1.56. The monoisotopic (exact) mass is 369 g/mol. The van der Waals surface area contributed by atoms with Gasteiger partial charge in [0, 0.05) is 17.2 Å². The molecular weight excluding hydrogens is 352 g/mol. The number of hydrogen-bond acceptors (Lipinski definition) is 5. The summed E-state index contributed by atoms with van der Waals surface area (Å²) in [4.78, 5) is 12.2. The van der Waals surface area contributed by atoms with Crippen molar-refractivity contribution >= 4 is 34.1 Å². The Morgan fingerprint density at radius 3 is 2.62 bits per heavy atom. The van der Waals surface area contributed by atoms with Gasteiger partial charge in [-0.05, 0) is 25.0 Å². The van der Waals surface area contributed by atoms with E-state index in [1.54, 1.807) is 0 Å². The number of carbonyl (C=O) groups excluding carboxylic acids is 1. The maximum absolute atomic E-state index is 13.6. The molecule has 0 radical (unpaired) electrons. The first-order valence-corrected chi connectivity index (χ1v) is 9.64. The summed E-state index contributed by atoms with van der Waals surface area (Å²) in [6, 6.07) is 3.80. The van der Waals surface area contributed by atoms with Crippen molar-refractivity contribution in [1.29, 1.82) is 0 Å². The minimum atomic E-state index is -0.571. The van der Waals surface area contributed by atoms with E-state index >= 15 is 0 Å². The number of aromatic nitrogens is 2. The Morgan fingerprint density at radius 1 is 1.21 bits per heavy atom. The van der Waals surface area contributed by atoms with E-state index in [4.69, 9.17) is 0 Å². The van der Waals surface area contributed by atoms with E-state index in [0.717, 1.165) is 25.7 Å². The van der Waals surface area contributed by atoms with Gasteiger partial charge in [-0.25, -0.2) is 8.78 Å². The number of thioether (sulfide) groups is 1. The Kier molecular flexibility index (Phi) is 5.78. The fraction of sp³-hybridized carbons (Fsp3) is 0.438. The number of nitrogens with one attached hydrogen (secondary N) is 1. The van der Waals surface area contributed by atoms with Crippen LogP contribution in [-0.2, 0) is 10.5 Å². The Morgan fingerprint density at radius 2 is 1.92 bits per heavy atom. The van der Waals surface area contributed by atoms with Crippen LogP contribution in [-0.4, -0.2) is 16.1 Å². The third kappa shape index (κ3) is 4.30. The van der Waals surface area contributed by atoms with Gasteiger partial charge in [-0.3, -0.25) is 4.79 Å². The van der Waals surface area contributed by atoms with Crippen LogP contribution >= 0.6 is 23.1 Å². The lowest BCUT2D eigenvalue weighted by Gasteiger charge is -2.19. The van der Waals surface area contributed by atoms with Gasteiger partial charge < -0.3 is 5.32 Å². The summed E-state index contributed by atoms with van der Waals surface area (Å²) in [7, 11) is 0. The van der Waals surface area contributed by atoms with E-state index in [-0.39, 0.29) is 23.1 Å². The second kappa shape index (κ2) is 8.02. The molecule has 0 bridgehead atoms. The molecule has 3 rings (SSSR count). The molecule has 1 aromatic heterocycles. The van der Waals surface area contributed by atoms with Crippen molar-refractivity contribution in [3.05, 3.63) is 35.4 Å². The van der Waals surface area contributed by atoms with E-state index in [1.807, 2.05) is 0 Å². The van der Waals surface area contributed by atoms with Crippen molar-refractivity contribution in [2.75, 3.05) is 5.32 Å². The highest BCUT2D eigenvalue weighted by molar-refractivity contribution is 8.00. The summed E-state index contributed by atoms with van der Waals surface area (Å²) in [5.41, 5.74) is 0.0190. The lowest BCUT2D eigenvalue weighted by molar-refractivity contribution is -0.120. The second-order valence-corrected chi connectivity index (χ2v) is 7.89. The molecule has 8 heteroatoms. The van der Waals surface area contributed by atoms with Crippen LogP contribution in [0.4, 0.5) is 13.9 Å². The van der Waals surface area contributed by atoms with E-state index in [9.17, 15) is 13.6 Å². The number of rotatable bonds is 5. The van der Waals surface area contributed by atoms with Crippen molar-refractivity contribution < 1.29 is 13.6 Å². The number of anilines is 1. The van der Waals surface area contributed by atoms with Crippen LogP contribution in [0.15, 0.2) is 22.5 Å². The highest BCUT2D eigenvalue weighted by Crippen LogP contribution is 2.31. The van der Waals surface area contributed by atoms with Gasteiger partial charge in [-0.2, -0.15) is 0 Å². The molecule has 1 amide bonds. The number of benzene rings is 1. The van der Waals surface area contributed by atoms with Gasteiger partial charge in [0.15, 0.2) is 4.34 Å². The molecule has 0 saturated heterocycles. The van der Waals surface area contributed by atoms with Gasteiger partial charge in [-0.1, -0.05) is 48.4 Å². The van der Waals surface area contributed by atoms with Crippen molar-refractivity contribution in [1.82, 2.24) is 10.2 Å². The fourth-order valence-corrected chi connectivity index (χ4v) is 4.47. The van der Waals surface area contributed by atoms with Gasteiger partial charge in [0.25, 0.3) is 0 Å². The van der Waals surface area contributed by atoms with E-state index in [0.29, 0.717) is 9.47 Å². The Bertz CT molecular complexity index is 697. The average Bonchev–Trinajstić information content (AvgIpc) is 3.02. The average molecular weight is 369 g/mol. The summed E-state index contributed by atoms with van der Waals surface area (Å²) in [5.74, 6) is -0.978. The van der Waals surface area contributed by atoms with Crippen LogP contribution in [0.2, 0.25) is 0 Å². The number of nitrogens with zero attached hydrogens (tertiary/aromatic N) is 2. The largest absolute Gasteiger partial charge is 0.300 e. The zero-order valence-corrected chi connectivity index (χ0v) is 14.6. The molecule has 0 unspecified atom stereocenters. The molecule has 1 aromatic carbocycles. The van der Waals surface area contributed by atoms with Gasteiger partial charge >= 0.3 is 0 Å². The van der Waals surface area contributed by atoms with Gasteiger partial charge in [0.05, 0.1) is 0 Å². The van der Waals surface area contributed by atoms with E-state index in [1.165, 1.54) is 47.7 Å². The van der Waals surface area contributed by atoms with Crippen LogP contribution in [0.1, 0.15) is 37.7 Å². The second-order valence-electron chi connectivity index (χ2n) is 5.69. The smallest absolute Gasteiger partial charge is 0.229 e. The quantitative estimate of drug-likeness (QED) is 0.617. The third-order valence-electron chi connectivity index (χ3n) is 4.01. The number of amides is 1. The van der Waals surface area contributed by atoms with Crippen LogP contribution in [0.3, 0.4) is 0 Å². The zero-order chi connectivity index (χ0) is 16.9. The number of carbonyl (C=O) groups is 1. The first-order chi connectivity index (χ1) is 11.6. The molecule has 1 saturated carbocycles. The number of halogens is 2. The summed E-state index contributed by atoms with van der Waals surface area (Å²) >= 11 is 2.42. The van der Waals surface area contributed by atoms with Gasteiger partial charge in [0.2, 0.25) is 11.0 Å². The Hall–Kier alpha value is -1.54. The minimum Gasteiger partial charge on any atom is -0.300 e. The molecule has 128 valence electrons. The lowest BCUT2D eigenvalue weighted by atomic mass is 9.89. The molecule has 1 fully saturated rings. The molecule has 1 aliphatic carbocycles. The maximum Gasteiger partial charge on any atom is 0.229 e.